The molecule has 0 fully saturated rings. The average Bonchev–Trinajstić information content (AvgIpc) is 2.49. The number of benzene rings is 2. The molecule has 0 aliphatic heterocycles. The molecule has 0 atom stereocenters. The topological polar surface area (TPSA) is 60.3 Å². The number of aryl methyl sites for hydroxylation is 2. The molecule has 2 rings (SSSR count). The Kier molecular flexibility index (Phi) is 5.10. The molecule has 4 heteroatoms. The zero-order valence-electron chi connectivity index (χ0n) is 12.4. The molecule has 3 N–H and O–H groups in total. The van der Waals surface area contributed by atoms with Gasteiger partial charge < -0.3 is 5.32 Å². The fourth-order valence-corrected chi connectivity index (χ4v) is 2.02. The van der Waals surface area contributed by atoms with Crippen LogP contribution in [-0.4, -0.2) is 12.2 Å². The zero-order valence-corrected chi connectivity index (χ0v) is 12.4. The molecule has 0 heterocycles. The largest absolute Gasteiger partial charge is 0.351 e. The predicted molar refractivity (Wildman–Crippen MR) is 87.7 cm³/mol. The Morgan fingerprint density at radius 1 is 1.05 bits per heavy atom. The number of hydrogen-bond donors (Lipinski definition) is 3. The highest BCUT2D eigenvalue weighted by atomic mass is 15.4. The summed E-state index contributed by atoms with van der Waals surface area (Å²) in [6, 6.07) is 16.1. The minimum atomic E-state index is 0.182. The van der Waals surface area contributed by atoms with E-state index in [9.17, 15) is 0 Å². The second-order valence-corrected chi connectivity index (χ2v) is 4.89. The fourth-order valence-electron chi connectivity index (χ4n) is 2.02. The summed E-state index contributed by atoms with van der Waals surface area (Å²) in [7, 11) is 0. The van der Waals surface area contributed by atoms with Gasteiger partial charge >= 0.3 is 0 Å². The van der Waals surface area contributed by atoms with Gasteiger partial charge in [-0.15, -0.1) is 0 Å². The minimum Gasteiger partial charge on any atom is -0.351 e. The van der Waals surface area contributed by atoms with Gasteiger partial charge in [-0.05, 0) is 30.5 Å². The minimum absolute atomic E-state index is 0.182. The van der Waals surface area contributed by atoms with Crippen molar-refractivity contribution < 1.29 is 0 Å². The molecule has 0 aliphatic rings. The number of guanidine groups is 1. The molecule has 0 unspecified atom stereocenters. The number of rotatable bonds is 4. The summed E-state index contributed by atoms with van der Waals surface area (Å²) in [5.74, 6) is 0.182. The van der Waals surface area contributed by atoms with Gasteiger partial charge in [0.05, 0.1) is 6.21 Å². The summed E-state index contributed by atoms with van der Waals surface area (Å²) in [5, 5.41) is 14.9. The lowest BCUT2D eigenvalue weighted by Crippen LogP contribution is -2.32. The highest BCUT2D eigenvalue weighted by Crippen LogP contribution is 2.10. The Labute approximate surface area is 125 Å². The lowest BCUT2D eigenvalue weighted by atomic mass is 10.0. The van der Waals surface area contributed by atoms with Gasteiger partial charge in [0.25, 0.3) is 0 Å². The molecule has 0 radical (unpaired) electrons. The molecule has 2 aromatic rings. The molecule has 0 aromatic heterocycles. The molecule has 0 amide bonds. The lowest BCUT2D eigenvalue weighted by molar-refractivity contribution is 0.837. The molecular formula is C17H20N4. The van der Waals surface area contributed by atoms with E-state index in [0.29, 0.717) is 6.54 Å². The number of hydrazone groups is 1. The third kappa shape index (κ3) is 4.45. The maximum absolute atomic E-state index is 7.78. The molecule has 0 saturated carbocycles. The SMILES string of the molecule is Cc1cccc(C)c1C=NNC(=N)NCc1ccccc1. The summed E-state index contributed by atoms with van der Waals surface area (Å²) in [4.78, 5) is 0. The first-order chi connectivity index (χ1) is 10.2. The first-order valence-electron chi connectivity index (χ1n) is 6.88. The van der Waals surface area contributed by atoms with Crippen molar-refractivity contribution in [3.63, 3.8) is 0 Å². The predicted octanol–water partition coefficient (Wildman–Crippen LogP) is 2.95. The van der Waals surface area contributed by atoms with Gasteiger partial charge in [0, 0.05) is 12.1 Å². The van der Waals surface area contributed by atoms with Crippen molar-refractivity contribution in [2.24, 2.45) is 5.10 Å². The van der Waals surface area contributed by atoms with Crippen LogP contribution in [0.25, 0.3) is 0 Å². The van der Waals surface area contributed by atoms with E-state index in [1.165, 1.54) is 11.1 Å². The second-order valence-electron chi connectivity index (χ2n) is 4.89. The van der Waals surface area contributed by atoms with Crippen molar-refractivity contribution in [3.8, 4) is 0 Å². The van der Waals surface area contributed by atoms with Crippen molar-refractivity contribution in [3.05, 3.63) is 70.8 Å². The fraction of sp³-hybridized carbons (Fsp3) is 0.176. The number of nitrogens with zero attached hydrogens (tertiary/aromatic N) is 1. The van der Waals surface area contributed by atoms with Crippen LogP contribution in [0.4, 0.5) is 0 Å². The first kappa shape index (κ1) is 14.8. The van der Waals surface area contributed by atoms with E-state index in [0.717, 1.165) is 11.1 Å². The second kappa shape index (κ2) is 7.24. The summed E-state index contributed by atoms with van der Waals surface area (Å²) in [6.45, 7) is 4.70. The maximum atomic E-state index is 7.78. The Morgan fingerprint density at radius 3 is 2.38 bits per heavy atom. The molecule has 0 saturated heterocycles. The standard InChI is InChI=1S/C17H20N4/c1-13-7-6-8-14(2)16(13)12-20-21-17(18)19-11-15-9-4-3-5-10-15/h3-10,12H,11H2,1-2H3,(H3,18,19,21). The Morgan fingerprint density at radius 2 is 1.71 bits per heavy atom. The molecule has 108 valence electrons. The van der Waals surface area contributed by atoms with Crippen LogP contribution in [0.3, 0.4) is 0 Å². The summed E-state index contributed by atoms with van der Waals surface area (Å²) >= 11 is 0. The monoisotopic (exact) mass is 280 g/mol. The van der Waals surface area contributed by atoms with E-state index in [1.54, 1.807) is 6.21 Å². The molecule has 4 nitrogen and oxygen atoms in total. The van der Waals surface area contributed by atoms with Gasteiger partial charge in [-0.3, -0.25) is 5.41 Å². The van der Waals surface area contributed by atoms with E-state index in [-0.39, 0.29) is 5.96 Å². The van der Waals surface area contributed by atoms with E-state index in [1.807, 2.05) is 62.4 Å². The van der Waals surface area contributed by atoms with Crippen molar-refractivity contribution in [2.75, 3.05) is 0 Å². The summed E-state index contributed by atoms with van der Waals surface area (Å²) in [6.07, 6.45) is 1.75. The van der Waals surface area contributed by atoms with Gasteiger partial charge in [-0.2, -0.15) is 5.10 Å². The quantitative estimate of drug-likeness (QED) is 0.458. The number of hydrogen-bond acceptors (Lipinski definition) is 2. The van der Waals surface area contributed by atoms with E-state index in [2.05, 4.69) is 15.8 Å². The van der Waals surface area contributed by atoms with Gasteiger partial charge in [0.15, 0.2) is 0 Å². The molecule has 21 heavy (non-hydrogen) atoms. The highest BCUT2D eigenvalue weighted by molar-refractivity contribution is 5.85. The Balaban J connectivity index is 1.85. The molecule has 0 spiro atoms. The van der Waals surface area contributed by atoms with Gasteiger partial charge in [-0.1, -0.05) is 48.5 Å². The van der Waals surface area contributed by atoms with Crippen LogP contribution in [0.2, 0.25) is 0 Å². The van der Waals surface area contributed by atoms with Crippen LogP contribution in [0, 0.1) is 19.3 Å². The summed E-state index contributed by atoms with van der Waals surface area (Å²) in [5.41, 5.74) is 7.25. The van der Waals surface area contributed by atoms with Crippen molar-refractivity contribution in [1.82, 2.24) is 10.7 Å². The van der Waals surface area contributed by atoms with E-state index < -0.39 is 0 Å². The molecule has 2 aromatic carbocycles. The zero-order chi connectivity index (χ0) is 15.1. The maximum Gasteiger partial charge on any atom is 0.209 e. The normalized spacial score (nSPS) is 10.6. The van der Waals surface area contributed by atoms with Crippen LogP contribution in [-0.2, 0) is 6.54 Å². The van der Waals surface area contributed by atoms with Crippen LogP contribution >= 0.6 is 0 Å². The van der Waals surface area contributed by atoms with E-state index >= 15 is 0 Å². The third-order valence-corrected chi connectivity index (χ3v) is 3.22. The van der Waals surface area contributed by atoms with E-state index in [4.69, 9.17) is 5.41 Å². The first-order valence-corrected chi connectivity index (χ1v) is 6.88. The summed E-state index contributed by atoms with van der Waals surface area (Å²) < 4.78 is 0. The van der Waals surface area contributed by atoms with Gasteiger partial charge in [-0.25, -0.2) is 5.43 Å². The van der Waals surface area contributed by atoms with Crippen LogP contribution in [0.1, 0.15) is 22.3 Å². The van der Waals surface area contributed by atoms with Crippen molar-refractivity contribution in [2.45, 2.75) is 20.4 Å². The van der Waals surface area contributed by atoms with Crippen LogP contribution in [0.15, 0.2) is 53.6 Å². The Hall–Kier alpha value is -2.62. The molecular weight excluding hydrogens is 260 g/mol. The average molecular weight is 280 g/mol. The number of nitrogens with one attached hydrogen (secondary N) is 3. The van der Waals surface area contributed by atoms with Gasteiger partial charge in [0.1, 0.15) is 0 Å². The van der Waals surface area contributed by atoms with Crippen molar-refractivity contribution in [1.29, 1.82) is 5.41 Å². The highest BCUT2D eigenvalue weighted by Gasteiger charge is 1.98. The Bertz CT molecular complexity index is 612. The third-order valence-electron chi connectivity index (χ3n) is 3.22. The van der Waals surface area contributed by atoms with Crippen LogP contribution < -0.4 is 10.7 Å². The molecule has 0 bridgehead atoms. The smallest absolute Gasteiger partial charge is 0.209 e. The van der Waals surface area contributed by atoms with Crippen molar-refractivity contribution >= 4 is 12.2 Å². The van der Waals surface area contributed by atoms with Crippen LogP contribution in [0.5, 0.6) is 0 Å². The lowest BCUT2D eigenvalue weighted by Gasteiger charge is -2.07. The van der Waals surface area contributed by atoms with Gasteiger partial charge in [0.2, 0.25) is 5.96 Å². The molecule has 0 aliphatic carbocycles.